The maximum atomic E-state index is 12.2. The minimum Gasteiger partial charge on any atom is -0.497 e. The van der Waals surface area contributed by atoms with Crippen molar-refractivity contribution in [2.75, 3.05) is 12.4 Å². The molecule has 3 rings (SSSR count). The van der Waals surface area contributed by atoms with Crippen LogP contribution in [0.1, 0.15) is 18.1 Å². The molecule has 0 aliphatic carbocycles. The normalized spacial score (nSPS) is 11.6. The van der Waals surface area contributed by atoms with E-state index in [0.717, 1.165) is 22.1 Å². The Balaban J connectivity index is 1.58. The molecule has 0 aliphatic heterocycles. The van der Waals surface area contributed by atoms with Crippen LogP contribution in [0.25, 0.3) is 16.8 Å². The molecule has 0 heterocycles. The lowest BCUT2D eigenvalue weighted by Gasteiger charge is -2.12. The van der Waals surface area contributed by atoms with Crippen LogP contribution in [0.4, 0.5) is 5.69 Å². The topological polar surface area (TPSA) is 88.4 Å². The van der Waals surface area contributed by atoms with Crippen molar-refractivity contribution >= 4 is 34.4 Å². The monoisotopic (exact) mass is 400 g/mol. The number of anilines is 1. The van der Waals surface area contributed by atoms with Crippen LogP contribution in [0.2, 0.25) is 0 Å². The molecule has 0 spiro atoms. The number of benzene rings is 3. The van der Waals surface area contributed by atoms with Gasteiger partial charge < -0.3 is 14.8 Å². The smallest absolute Gasteiger partial charge is 0.331 e. The molecular weight excluding hydrogens is 380 g/mol. The van der Waals surface area contributed by atoms with Gasteiger partial charge in [-0.15, -0.1) is 0 Å². The second-order valence-electron chi connectivity index (χ2n) is 6.56. The molecular formula is C24H20N2O4. The van der Waals surface area contributed by atoms with E-state index in [1.165, 1.54) is 13.0 Å². The molecule has 150 valence electrons. The lowest BCUT2D eigenvalue weighted by atomic mass is 10.1. The number of esters is 1. The highest BCUT2D eigenvalue weighted by atomic mass is 16.5. The summed E-state index contributed by atoms with van der Waals surface area (Å²) < 4.78 is 10.4. The Kier molecular flexibility index (Phi) is 6.46. The predicted octanol–water partition coefficient (Wildman–Crippen LogP) is 4.30. The number of methoxy groups -OCH3 is 1. The second-order valence-corrected chi connectivity index (χ2v) is 6.56. The molecule has 0 unspecified atom stereocenters. The summed E-state index contributed by atoms with van der Waals surface area (Å²) in [6, 6.07) is 19.9. The Morgan fingerprint density at radius 2 is 1.73 bits per heavy atom. The van der Waals surface area contributed by atoms with E-state index < -0.39 is 18.0 Å². The third-order valence-corrected chi connectivity index (χ3v) is 4.43. The van der Waals surface area contributed by atoms with Crippen LogP contribution in [0.15, 0.2) is 66.7 Å². The Morgan fingerprint density at radius 1 is 1.03 bits per heavy atom. The first-order valence-corrected chi connectivity index (χ1v) is 9.26. The van der Waals surface area contributed by atoms with E-state index in [9.17, 15) is 9.59 Å². The summed E-state index contributed by atoms with van der Waals surface area (Å²) in [5, 5.41) is 13.5. The van der Waals surface area contributed by atoms with E-state index in [4.69, 9.17) is 14.7 Å². The summed E-state index contributed by atoms with van der Waals surface area (Å²) in [5.74, 6) is -0.295. The molecule has 1 atom stereocenters. The molecule has 0 aliphatic rings. The van der Waals surface area contributed by atoms with Gasteiger partial charge in [0.2, 0.25) is 0 Å². The average Bonchev–Trinajstić information content (AvgIpc) is 2.77. The number of nitrogens with zero attached hydrogens (tertiary/aromatic N) is 1. The van der Waals surface area contributed by atoms with Crippen LogP contribution in [0.5, 0.6) is 5.75 Å². The van der Waals surface area contributed by atoms with Crippen LogP contribution in [0, 0.1) is 11.3 Å². The Hall–Kier alpha value is -4.11. The summed E-state index contributed by atoms with van der Waals surface area (Å²) in [7, 11) is 1.62. The van der Waals surface area contributed by atoms with Gasteiger partial charge in [-0.1, -0.05) is 18.2 Å². The first-order valence-electron chi connectivity index (χ1n) is 9.26. The minimum atomic E-state index is -0.970. The molecule has 1 N–H and O–H groups in total. The summed E-state index contributed by atoms with van der Waals surface area (Å²) in [6.45, 7) is 1.49. The fourth-order valence-electron chi connectivity index (χ4n) is 2.78. The third-order valence-electron chi connectivity index (χ3n) is 4.43. The lowest BCUT2D eigenvalue weighted by Crippen LogP contribution is -2.29. The molecule has 0 saturated heterocycles. The van der Waals surface area contributed by atoms with Crippen molar-refractivity contribution in [1.29, 1.82) is 5.26 Å². The van der Waals surface area contributed by atoms with Crippen LogP contribution < -0.4 is 10.1 Å². The van der Waals surface area contributed by atoms with Crippen molar-refractivity contribution in [2.24, 2.45) is 0 Å². The van der Waals surface area contributed by atoms with Gasteiger partial charge in [0, 0.05) is 11.8 Å². The number of carbonyl (C=O) groups excluding carboxylic acids is 2. The first-order chi connectivity index (χ1) is 14.5. The highest BCUT2D eigenvalue weighted by molar-refractivity contribution is 5.97. The van der Waals surface area contributed by atoms with Gasteiger partial charge in [0.1, 0.15) is 5.75 Å². The summed E-state index contributed by atoms with van der Waals surface area (Å²) in [5.41, 5.74) is 1.84. The zero-order chi connectivity index (χ0) is 21.5. The van der Waals surface area contributed by atoms with Crippen LogP contribution in [-0.4, -0.2) is 25.1 Å². The number of hydrogen-bond acceptors (Lipinski definition) is 5. The van der Waals surface area contributed by atoms with Crippen molar-refractivity contribution < 1.29 is 19.1 Å². The summed E-state index contributed by atoms with van der Waals surface area (Å²) in [6.07, 6.45) is 1.95. The Bertz CT molecular complexity index is 1140. The van der Waals surface area contributed by atoms with Gasteiger partial charge in [0.05, 0.1) is 18.7 Å². The molecule has 30 heavy (non-hydrogen) atoms. The maximum absolute atomic E-state index is 12.2. The van der Waals surface area contributed by atoms with E-state index in [1.807, 2.05) is 42.5 Å². The number of rotatable bonds is 6. The van der Waals surface area contributed by atoms with Gasteiger partial charge >= 0.3 is 5.97 Å². The van der Waals surface area contributed by atoms with Crippen molar-refractivity contribution in [3.05, 3.63) is 77.9 Å². The molecule has 0 bridgehead atoms. The third kappa shape index (κ3) is 5.24. The number of amides is 1. The van der Waals surface area contributed by atoms with E-state index in [0.29, 0.717) is 11.3 Å². The summed E-state index contributed by atoms with van der Waals surface area (Å²) >= 11 is 0. The van der Waals surface area contributed by atoms with Gasteiger partial charge in [-0.2, -0.15) is 5.26 Å². The largest absolute Gasteiger partial charge is 0.497 e. The lowest BCUT2D eigenvalue weighted by molar-refractivity contribution is -0.148. The standard InChI is InChI=1S/C24H20N2O4/c1-16(24(28)26-21-9-4-18(15-25)5-10-21)30-23(27)12-6-17-3-7-20-14-22(29-2)11-8-19(20)13-17/h3-14,16H,1-2H3,(H,26,28)/b12-6+/t16-/m1/s1. The highest BCUT2D eigenvalue weighted by Crippen LogP contribution is 2.22. The van der Waals surface area contributed by atoms with Crippen LogP contribution in [0.3, 0.4) is 0 Å². The number of carbonyl (C=O) groups is 2. The highest BCUT2D eigenvalue weighted by Gasteiger charge is 2.16. The Morgan fingerprint density at radius 3 is 2.43 bits per heavy atom. The van der Waals surface area contributed by atoms with E-state index >= 15 is 0 Å². The Labute approximate surface area is 174 Å². The van der Waals surface area contributed by atoms with Gasteiger partial charge in [-0.25, -0.2) is 4.79 Å². The molecule has 0 saturated carbocycles. The van der Waals surface area contributed by atoms with Crippen molar-refractivity contribution in [3.8, 4) is 11.8 Å². The van der Waals surface area contributed by atoms with Gasteiger partial charge in [-0.3, -0.25) is 4.79 Å². The van der Waals surface area contributed by atoms with Crippen molar-refractivity contribution in [3.63, 3.8) is 0 Å². The van der Waals surface area contributed by atoms with Crippen molar-refractivity contribution in [1.82, 2.24) is 0 Å². The van der Waals surface area contributed by atoms with Crippen LogP contribution in [-0.2, 0) is 14.3 Å². The van der Waals surface area contributed by atoms with Gasteiger partial charge in [0.15, 0.2) is 6.10 Å². The quantitative estimate of drug-likeness (QED) is 0.492. The molecule has 6 heteroatoms. The molecule has 0 radical (unpaired) electrons. The molecule has 0 fully saturated rings. The van der Waals surface area contributed by atoms with Crippen molar-refractivity contribution in [2.45, 2.75) is 13.0 Å². The fourth-order valence-corrected chi connectivity index (χ4v) is 2.78. The fraction of sp³-hybridized carbons (Fsp3) is 0.125. The van der Waals surface area contributed by atoms with E-state index in [-0.39, 0.29) is 0 Å². The van der Waals surface area contributed by atoms with Crippen LogP contribution >= 0.6 is 0 Å². The van der Waals surface area contributed by atoms with Gasteiger partial charge in [0.25, 0.3) is 5.91 Å². The van der Waals surface area contributed by atoms with Gasteiger partial charge in [-0.05, 0) is 71.8 Å². The number of nitriles is 1. The number of fused-ring (bicyclic) bond motifs is 1. The second kappa shape index (κ2) is 9.39. The zero-order valence-corrected chi connectivity index (χ0v) is 16.6. The summed E-state index contributed by atoms with van der Waals surface area (Å²) in [4.78, 5) is 24.3. The first kappa shape index (κ1) is 20.6. The molecule has 3 aromatic carbocycles. The number of nitrogens with one attached hydrogen (secondary N) is 1. The number of hydrogen-bond donors (Lipinski definition) is 1. The average molecular weight is 400 g/mol. The van der Waals surface area contributed by atoms with E-state index in [1.54, 1.807) is 37.5 Å². The molecule has 3 aromatic rings. The maximum Gasteiger partial charge on any atom is 0.331 e. The minimum absolute atomic E-state index is 0.457. The zero-order valence-electron chi connectivity index (χ0n) is 16.6. The number of ether oxygens (including phenoxy) is 2. The predicted molar refractivity (Wildman–Crippen MR) is 115 cm³/mol. The SMILES string of the molecule is COc1ccc2cc(/C=C/C(=O)O[C@H](C)C(=O)Nc3ccc(C#N)cc3)ccc2c1. The van der Waals surface area contributed by atoms with E-state index in [2.05, 4.69) is 5.32 Å². The molecule has 6 nitrogen and oxygen atoms in total. The molecule has 0 aromatic heterocycles. The molecule has 1 amide bonds.